The lowest BCUT2D eigenvalue weighted by Gasteiger charge is -2.50. The van der Waals surface area contributed by atoms with Crippen LogP contribution in [0.25, 0.3) is 0 Å². The van der Waals surface area contributed by atoms with Crippen LogP contribution in [0.3, 0.4) is 0 Å². The Hall–Kier alpha value is -2.70. The molecule has 1 spiro atoms. The number of hydrogen-bond donors (Lipinski definition) is 1. The minimum atomic E-state index is -0.178. The van der Waals surface area contributed by atoms with E-state index in [9.17, 15) is 9.59 Å². The Kier molecular flexibility index (Phi) is 6.92. The Balaban J connectivity index is 1.35. The van der Waals surface area contributed by atoms with Crippen LogP contribution in [0.1, 0.15) is 25.0 Å². The monoisotopic (exact) mass is 435 g/mol. The molecule has 0 radical (unpaired) electrons. The van der Waals surface area contributed by atoms with Gasteiger partial charge in [0.05, 0.1) is 12.5 Å². The fraction of sp³-hybridized carbons (Fsp3) is 0.462. The number of nitrogens with zero attached hydrogens (tertiary/aromatic N) is 2. The Bertz CT molecular complexity index is 910. The zero-order valence-corrected chi connectivity index (χ0v) is 19.0. The van der Waals surface area contributed by atoms with Crippen LogP contribution in [0, 0.1) is 11.3 Å². The van der Waals surface area contributed by atoms with Gasteiger partial charge in [0, 0.05) is 44.2 Å². The van der Waals surface area contributed by atoms with Gasteiger partial charge in [0.2, 0.25) is 11.8 Å². The largest absolute Gasteiger partial charge is 0.367 e. The van der Waals surface area contributed by atoms with Crippen molar-refractivity contribution < 1.29 is 14.3 Å². The first-order valence-electron chi connectivity index (χ1n) is 11.4. The maximum Gasteiger partial charge on any atom is 0.248 e. The predicted octanol–water partition coefficient (Wildman–Crippen LogP) is 2.69. The summed E-state index contributed by atoms with van der Waals surface area (Å²) in [6.45, 7) is 8.07. The quantitative estimate of drug-likeness (QED) is 0.693. The molecule has 6 heteroatoms. The number of rotatable bonds is 8. The molecule has 2 aliphatic rings. The average Bonchev–Trinajstić information content (AvgIpc) is 3.13. The van der Waals surface area contributed by atoms with Gasteiger partial charge in [-0.15, -0.1) is 0 Å². The zero-order chi connectivity index (χ0) is 22.6. The van der Waals surface area contributed by atoms with Crippen molar-refractivity contribution in [3.8, 4) is 0 Å². The van der Waals surface area contributed by atoms with Gasteiger partial charge >= 0.3 is 0 Å². The van der Waals surface area contributed by atoms with E-state index in [4.69, 9.17) is 4.74 Å². The third-order valence-electron chi connectivity index (χ3n) is 6.42. The molecule has 6 nitrogen and oxygen atoms in total. The van der Waals surface area contributed by atoms with E-state index in [1.54, 1.807) is 0 Å². The lowest BCUT2D eigenvalue weighted by Crippen LogP contribution is -2.64. The number of ether oxygens (including phenoxy) is 1. The highest BCUT2D eigenvalue weighted by molar-refractivity contribution is 5.83. The maximum absolute atomic E-state index is 13.0. The van der Waals surface area contributed by atoms with Crippen LogP contribution in [-0.4, -0.2) is 60.4 Å². The molecule has 2 heterocycles. The first kappa shape index (κ1) is 22.5. The van der Waals surface area contributed by atoms with Gasteiger partial charge in [0.1, 0.15) is 6.61 Å². The molecule has 0 saturated carbocycles. The van der Waals surface area contributed by atoms with E-state index < -0.39 is 0 Å². The molecule has 2 aliphatic heterocycles. The average molecular weight is 436 g/mol. The lowest BCUT2D eigenvalue weighted by molar-refractivity contribution is -0.154. The topological polar surface area (TPSA) is 61.9 Å². The first-order valence-corrected chi connectivity index (χ1v) is 11.4. The third-order valence-corrected chi connectivity index (χ3v) is 6.42. The summed E-state index contributed by atoms with van der Waals surface area (Å²) in [5.74, 6) is -0.0121. The summed E-state index contributed by atoms with van der Waals surface area (Å²) >= 11 is 0. The second-order valence-corrected chi connectivity index (χ2v) is 9.46. The van der Waals surface area contributed by atoms with Crippen molar-refractivity contribution >= 4 is 11.8 Å². The van der Waals surface area contributed by atoms with E-state index in [0.717, 1.165) is 25.2 Å². The van der Waals surface area contributed by atoms with Crippen LogP contribution in [0.15, 0.2) is 60.7 Å². The zero-order valence-electron chi connectivity index (χ0n) is 19.0. The SMILES string of the molecule is CC(C)NC(=O)C1CN(Cc2ccccc2)CC12CN(C(=O)COCc1ccccc1)C2. The minimum absolute atomic E-state index is 0.00363. The lowest BCUT2D eigenvalue weighted by atomic mass is 9.71. The van der Waals surface area contributed by atoms with Crippen molar-refractivity contribution in [1.29, 1.82) is 0 Å². The van der Waals surface area contributed by atoms with Gasteiger partial charge in [-0.25, -0.2) is 0 Å². The van der Waals surface area contributed by atoms with Gasteiger partial charge in [0.15, 0.2) is 0 Å². The fourth-order valence-electron chi connectivity index (χ4n) is 4.91. The van der Waals surface area contributed by atoms with E-state index >= 15 is 0 Å². The minimum Gasteiger partial charge on any atom is -0.367 e. The number of likely N-dealkylation sites (tertiary alicyclic amines) is 2. The summed E-state index contributed by atoms with van der Waals surface area (Å²) in [7, 11) is 0. The Labute approximate surface area is 190 Å². The molecule has 170 valence electrons. The van der Waals surface area contributed by atoms with Crippen molar-refractivity contribution in [2.75, 3.05) is 32.8 Å². The molecule has 0 aliphatic carbocycles. The van der Waals surface area contributed by atoms with Crippen LogP contribution in [0.5, 0.6) is 0 Å². The van der Waals surface area contributed by atoms with Gasteiger partial charge in [-0.2, -0.15) is 0 Å². The van der Waals surface area contributed by atoms with E-state index in [1.807, 2.05) is 67.3 Å². The summed E-state index contributed by atoms with van der Waals surface area (Å²) in [6.07, 6.45) is 0. The van der Waals surface area contributed by atoms with E-state index in [2.05, 4.69) is 22.3 Å². The van der Waals surface area contributed by atoms with Crippen molar-refractivity contribution in [2.24, 2.45) is 11.3 Å². The normalized spacial score (nSPS) is 19.8. The summed E-state index contributed by atoms with van der Waals surface area (Å²) in [5, 5.41) is 3.10. The number of amides is 2. The highest BCUT2D eigenvalue weighted by Crippen LogP contribution is 2.44. The van der Waals surface area contributed by atoms with Gasteiger partial charge < -0.3 is 15.0 Å². The van der Waals surface area contributed by atoms with Gasteiger partial charge in [0.25, 0.3) is 0 Å². The molecule has 1 atom stereocenters. The molecule has 2 saturated heterocycles. The van der Waals surface area contributed by atoms with Crippen LogP contribution < -0.4 is 5.32 Å². The number of nitrogens with one attached hydrogen (secondary N) is 1. The molecule has 1 unspecified atom stereocenters. The smallest absolute Gasteiger partial charge is 0.248 e. The third kappa shape index (κ3) is 5.19. The Morgan fingerprint density at radius 3 is 2.25 bits per heavy atom. The highest BCUT2D eigenvalue weighted by Gasteiger charge is 2.57. The summed E-state index contributed by atoms with van der Waals surface area (Å²) in [4.78, 5) is 29.9. The molecule has 2 aromatic rings. The highest BCUT2D eigenvalue weighted by atomic mass is 16.5. The van der Waals surface area contributed by atoms with Crippen LogP contribution >= 0.6 is 0 Å². The van der Waals surface area contributed by atoms with Gasteiger partial charge in [-0.3, -0.25) is 14.5 Å². The molecule has 4 rings (SSSR count). The van der Waals surface area contributed by atoms with Crippen molar-refractivity contribution in [1.82, 2.24) is 15.1 Å². The molecule has 0 aromatic heterocycles. The molecular formula is C26H33N3O3. The Morgan fingerprint density at radius 1 is 1.00 bits per heavy atom. The number of hydrogen-bond acceptors (Lipinski definition) is 4. The van der Waals surface area contributed by atoms with E-state index in [1.165, 1.54) is 5.56 Å². The Morgan fingerprint density at radius 2 is 1.62 bits per heavy atom. The maximum atomic E-state index is 13.0. The van der Waals surface area contributed by atoms with E-state index in [0.29, 0.717) is 19.7 Å². The predicted molar refractivity (Wildman–Crippen MR) is 124 cm³/mol. The van der Waals surface area contributed by atoms with Crippen LogP contribution in [-0.2, 0) is 27.5 Å². The molecule has 32 heavy (non-hydrogen) atoms. The summed E-state index contributed by atoms with van der Waals surface area (Å²) < 4.78 is 5.64. The molecule has 2 amide bonds. The molecule has 2 fully saturated rings. The molecule has 0 bridgehead atoms. The van der Waals surface area contributed by atoms with Crippen molar-refractivity contribution in [2.45, 2.75) is 33.0 Å². The number of carbonyl (C=O) groups excluding carboxylic acids is 2. The molecular weight excluding hydrogens is 402 g/mol. The van der Waals surface area contributed by atoms with Crippen molar-refractivity contribution in [3.05, 3.63) is 71.8 Å². The standard InChI is InChI=1S/C26H33N3O3/c1-20(2)27-25(31)23-14-28(13-21-9-5-3-6-10-21)17-26(23)18-29(19-26)24(30)16-32-15-22-11-7-4-8-12-22/h3-12,20,23H,13-19H2,1-2H3,(H,27,31). The number of benzene rings is 2. The first-order chi connectivity index (χ1) is 15.4. The molecule has 2 aromatic carbocycles. The summed E-state index contributed by atoms with van der Waals surface area (Å²) in [6, 6.07) is 20.3. The van der Waals surface area contributed by atoms with Crippen LogP contribution in [0.4, 0.5) is 0 Å². The van der Waals surface area contributed by atoms with E-state index in [-0.39, 0.29) is 35.8 Å². The van der Waals surface area contributed by atoms with Gasteiger partial charge in [-0.05, 0) is 25.0 Å². The van der Waals surface area contributed by atoms with Gasteiger partial charge in [-0.1, -0.05) is 60.7 Å². The second kappa shape index (κ2) is 9.84. The number of carbonyl (C=O) groups is 2. The summed E-state index contributed by atoms with van der Waals surface area (Å²) in [5.41, 5.74) is 2.12. The van der Waals surface area contributed by atoms with Crippen LogP contribution in [0.2, 0.25) is 0 Å². The second-order valence-electron chi connectivity index (χ2n) is 9.46. The van der Waals surface area contributed by atoms with Crippen molar-refractivity contribution in [3.63, 3.8) is 0 Å². The fourth-order valence-corrected chi connectivity index (χ4v) is 4.91. The molecule has 1 N–H and O–H groups in total.